The van der Waals surface area contributed by atoms with E-state index in [-0.39, 0.29) is 51.4 Å². The Morgan fingerprint density at radius 2 is 1.92 bits per heavy atom. The molecule has 1 aromatic carbocycles. The van der Waals surface area contributed by atoms with E-state index < -0.39 is 5.97 Å². The zero-order valence-electron chi connectivity index (χ0n) is 5.99. The fourth-order valence-electron chi connectivity index (χ4n) is 0.646. The van der Waals surface area contributed by atoms with E-state index in [0.717, 1.165) is 6.08 Å². The Bertz CT molecular complexity index is 256. The number of para-hydroxylation sites is 1. The van der Waals surface area contributed by atoms with Crippen molar-refractivity contribution in [1.29, 1.82) is 0 Å². The minimum atomic E-state index is -0.434. The van der Waals surface area contributed by atoms with Gasteiger partial charge in [0.25, 0.3) is 0 Å². The fourth-order valence-corrected chi connectivity index (χ4v) is 0.646. The molecular weight excluding hydrogens is 179 g/mol. The topological polar surface area (TPSA) is 26.3 Å². The van der Waals surface area contributed by atoms with Crippen molar-refractivity contribution in [3.05, 3.63) is 43.0 Å². The second-order valence-corrected chi connectivity index (χ2v) is 1.94. The standard InChI is InChI=1S/C9H8O2.K.H/c1-2-9(10)11-8-6-4-3-5-7-8;;/h2-7H,1H2;;. The molecule has 0 aromatic heterocycles. The molecule has 0 aliphatic heterocycles. The molecule has 0 unspecified atom stereocenters. The molecule has 0 radical (unpaired) electrons. The van der Waals surface area contributed by atoms with Crippen LogP contribution >= 0.6 is 0 Å². The van der Waals surface area contributed by atoms with Gasteiger partial charge in [0.2, 0.25) is 0 Å². The predicted octanol–water partition coefficient (Wildman–Crippen LogP) is 1.13. The van der Waals surface area contributed by atoms with Crippen LogP contribution in [-0.4, -0.2) is 57.4 Å². The van der Waals surface area contributed by atoms with Crippen LogP contribution in [0.1, 0.15) is 0 Å². The summed E-state index contributed by atoms with van der Waals surface area (Å²) in [5, 5.41) is 0. The van der Waals surface area contributed by atoms with Crippen LogP contribution in [0.25, 0.3) is 0 Å². The van der Waals surface area contributed by atoms with E-state index in [1.54, 1.807) is 24.3 Å². The molecule has 0 amide bonds. The summed E-state index contributed by atoms with van der Waals surface area (Å²) in [5.74, 6) is 0.105. The number of ether oxygens (including phenoxy) is 1. The first-order chi connectivity index (χ1) is 5.33. The summed E-state index contributed by atoms with van der Waals surface area (Å²) in [5.41, 5.74) is 0. The molecule has 0 N–H and O–H groups in total. The van der Waals surface area contributed by atoms with Crippen molar-refractivity contribution in [2.24, 2.45) is 0 Å². The maximum absolute atomic E-state index is 10.6. The fraction of sp³-hybridized carbons (Fsp3) is 0. The van der Waals surface area contributed by atoms with Crippen LogP contribution in [0.3, 0.4) is 0 Å². The molecule has 0 heterocycles. The first-order valence-corrected chi connectivity index (χ1v) is 3.22. The molecule has 0 saturated heterocycles. The van der Waals surface area contributed by atoms with Gasteiger partial charge in [0.15, 0.2) is 0 Å². The van der Waals surface area contributed by atoms with Crippen LogP contribution in [0.15, 0.2) is 43.0 Å². The van der Waals surface area contributed by atoms with Gasteiger partial charge in [-0.3, -0.25) is 0 Å². The van der Waals surface area contributed by atoms with E-state index in [0.29, 0.717) is 5.75 Å². The number of carbonyl (C=O) groups is 1. The van der Waals surface area contributed by atoms with Crippen LogP contribution in [0.4, 0.5) is 0 Å². The van der Waals surface area contributed by atoms with Gasteiger partial charge in [0, 0.05) is 6.08 Å². The second-order valence-electron chi connectivity index (χ2n) is 1.94. The molecule has 0 bridgehead atoms. The Kier molecular flexibility index (Phi) is 6.60. The molecule has 2 nitrogen and oxygen atoms in total. The Morgan fingerprint density at radius 1 is 1.33 bits per heavy atom. The van der Waals surface area contributed by atoms with Gasteiger partial charge in [0.05, 0.1) is 0 Å². The molecule has 0 atom stereocenters. The Hall–Kier alpha value is 0.0664. The number of hydrogen-bond donors (Lipinski definition) is 0. The van der Waals surface area contributed by atoms with Crippen molar-refractivity contribution < 1.29 is 9.53 Å². The molecule has 1 rings (SSSR count). The number of rotatable bonds is 2. The van der Waals surface area contributed by atoms with Gasteiger partial charge < -0.3 is 4.74 Å². The number of carbonyl (C=O) groups excluding carboxylic acids is 1. The first-order valence-electron chi connectivity index (χ1n) is 3.22. The third-order valence-electron chi connectivity index (χ3n) is 1.13. The number of esters is 1. The minimum absolute atomic E-state index is 0. The van der Waals surface area contributed by atoms with Gasteiger partial charge in [-0.15, -0.1) is 0 Å². The normalized spacial score (nSPS) is 8.00. The molecule has 0 fully saturated rings. The van der Waals surface area contributed by atoms with Gasteiger partial charge in [-0.25, -0.2) is 4.79 Å². The van der Waals surface area contributed by atoms with Gasteiger partial charge >= 0.3 is 57.4 Å². The van der Waals surface area contributed by atoms with E-state index in [9.17, 15) is 4.79 Å². The summed E-state index contributed by atoms with van der Waals surface area (Å²) in [7, 11) is 0. The Morgan fingerprint density at radius 3 is 2.42 bits per heavy atom. The summed E-state index contributed by atoms with van der Waals surface area (Å²) >= 11 is 0. The molecule has 0 spiro atoms. The average Bonchev–Trinajstić information content (AvgIpc) is 2.06. The van der Waals surface area contributed by atoms with Crippen molar-refractivity contribution in [3.63, 3.8) is 0 Å². The van der Waals surface area contributed by atoms with E-state index in [1.165, 1.54) is 0 Å². The van der Waals surface area contributed by atoms with Gasteiger partial charge in [-0.1, -0.05) is 24.8 Å². The van der Waals surface area contributed by atoms with Crippen LogP contribution in [0.5, 0.6) is 5.75 Å². The summed E-state index contributed by atoms with van der Waals surface area (Å²) in [6.45, 7) is 3.28. The zero-order valence-corrected chi connectivity index (χ0v) is 5.99. The SMILES string of the molecule is C=CC(=O)Oc1ccccc1.[KH]. The number of benzene rings is 1. The first kappa shape index (κ1) is 12.1. The molecular formula is C9H9KO2. The molecule has 58 valence electrons. The summed E-state index contributed by atoms with van der Waals surface area (Å²) in [6.07, 6.45) is 1.13. The van der Waals surface area contributed by atoms with Crippen LogP contribution in [-0.2, 0) is 4.79 Å². The summed E-state index contributed by atoms with van der Waals surface area (Å²) < 4.78 is 4.81. The second kappa shape index (κ2) is 6.57. The molecule has 0 aliphatic carbocycles. The molecule has 0 aliphatic rings. The van der Waals surface area contributed by atoms with E-state index in [4.69, 9.17) is 4.74 Å². The Labute approximate surface area is 114 Å². The third-order valence-corrected chi connectivity index (χ3v) is 1.13. The molecule has 0 saturated carbocycles. The van der Waals surface area contributed by atoms with E-state index in [1.807, 2.05) is 6.07 Å². The summed E-state index contributed by atoms with van der Waals surface area (Å²) in [4.78, 5) is 10.6. The zero-order chi connectivity index (χ0) is 8.10. The molecule has 3 heteroatoms. The average molecular weight is 188 g/mol. The monoisotopic (exact) mass is 188 g/mol. The molecule has 12 heavy (non-hydrogen) atoms. The van der Waals surface area contributed by atoms with Gasteiger partial charge in [0.1, 0.15) is 5.75 Å². The van der Waals surface area contributed by atoms with Gasteiger partial charge in [-0.2, -0.15) is 0 Å². The van der Waals surface area contributed by atoms with Crippen molar-refractivity contribution >= 4 is 57.4 Å². The van der Waals surface area contributed by atoms with E-state index >= 15 is 0 Å². The molecule has 1 aromatic rings. The third kappa shape index (κ3) is 4.18. The summed E-state index contributed by atoms with van der Waals surface area (Å²) in [6, 6.07) is 8.87. The van der Waals surface area contributed by atoms with Crippen molar-refractivity contribution in [1.82, 2.24) is 0 Å². The van der Waals surface area contributed by atoms with Crippen molar-refractivity contribution in [3.8, 4) is 5.75 Å². The number of hydrogen-bond acceptors (Lipinski definition) is 2. The van der Waals surface area contributed by atoms with Gasteiger partial charge in [-0.05, 0) is 12.1 Å². The van der Waals surface area contributed by atoms with Crippen molar-refractivity contribution in [2.75, 3.05) is 0 Å². The predicted molar refractivity (Wildman–Crippen MR) is 49.4 cm³/mol. The van der Waals surface area contributed by atoms with Crippen molar-refractivity contribution in [2.45, 2.75) is 0 Å². The quantitative estimate of drug-likeness (QED) is 0.301. The maximum atomic E-state index is 10.6. The Balaban J connectivity index is 0.00000121. The van der Waals surface area contributed by atoms with Crippen LogP contribution in [0.2, 0.25) is 0 Å². The van der Waals surface area contributed by atoms with E-state index in [2.05, 4.69) is 6.58 Å². The van der Waals surface area contributed by atoms with Crippen LogP contribution < -0.4 is 4.74 Å². The van der Waals surface area contributed by atoms with Crippen LogP contribution in [0, 0.1) is 0 Å².